The number of aryl methyl sites for hydroxylation is 1. The van der Waals surface area contributed by atoms with Gasteiger partial charge in [0.2, 0.25) is 17.6 Å². The molecular weight excluding hydrogens is 401 g/mol. The highest BCUT2D eigenvalue weighted by atomic mass is 19.1. The van der Waals surface area contributed by atoms with Gasteiger partial charge in [-0.1, -0.05) is 17.3 Å². The molecule has 31 heavy (non-hydrogen) atoms. The molecule has 1 aliphatic rings. The first-order chi connectivity index (χ1) is 15.1. The molecule has 1 saturated heterocycles. The van der Waals surface area contributed by atoms with Gasteiger partial charge in [-0.25, -0.2) is 4.39 Å². The molecule has 3 heterocycles. The van der Waals surface area contributed by atoms with Gasteiger partial charge in [-0.2, -0.15) is 4.98 Å². The molecule has 1 aliphatic heterocycles. The summed E-state index contributed by atoms with van der Waals surface area (Å²) in [6.45, 7) is 1.80. The van der Waals surface area contributed by atoms with E-state index in [9.17, 15) is 14.0 Å². The van der Waals surface area contributed by atoms with Crippen LogP contribution in [0.25, 0.3) is 11.4 Å². The Morgan fingerprint density at radius 1 is 1.00 bits per heavy atom. The highest BCUT2D eigenvalue weighted by Gasteiger charge is 2.24. The largest absolute Gasteiger partial charge is 0.341 e. The van der Waals surface area contributed by atoms with Gasteiger partial charge in [-0.15, -0.1) is 0 Å². The van der Waals surface area contributed by atoms with Crippen molar-refractivity contribution in [1.29, 1.82) is 0 Å². The topological polar surface area (TPSA) is 92.4 Å². The van der Waals surface area contributed by atoms with Crippen molar-refractivity contribution >= 4 is 11.8 Å². The maximum Gasteiger partial charge on any atom is 0.256 e. The van der Waals surface area contributed by atoms with Gasteiger partial charge in [0.1, 0.15) is 5.82 Å². The lowest BCUT2D eigenvalue weighted by atomic mass is 10.2. The van der Waals surface area contributed by atoms with E-state index in [0.29, 0.717) is 50.7 Å². The van der Waals surface area contributed by atoms with E-state index >= 15 is 0 Å². The van der Waals surface area contributed by atoms with Crippen LogP contribution in [0.5, 0.6) is 0 Å². The minimum absolute atomic E-state index is 0.0381. The average molecular weight is 423 g/mol. The summed E-state index contributed by atoms with van der Waals surface area (Å²) in [6, 6.07) is 9.52. The van der Waals surface area contributed by atoms with Crippen LogP contribution in [0, 0.1) is 5.82 Å². The third kappa shape index (κ3) is 4.93. The molecule has 3 aromatic rings. The van der Waals surface area contributed by atoms with Crippen LogP contribution < -0.4 is 0 Å². The van der Waals surface area contributed by atoms with Crippen LogP contribution >= 0.6 is 0 Å². The van der Waals surface area contributed by atoms with Crippen molar-refractivity contribution in [3.05, 3.63) is 66.1 Å². The van der Waals surface area contributed by atoms with E-state index in [1.807, 2.05) is 0 Å². The molecular formula is C22H22FN5O3. The molecule has 9 heteroatoms. The van der Waals surface area contributed by atoms with Crippen LogP contribution in [0.2, 0.25) is 0 Å². The van der Waals surface area contributed by atoms with E-state index in [1.54, 1.807) is 46.5 Å². The SMILES string of the molecule is O=C(CCc1nc(-c2ccncc2)no1)N1CCCN(C(=O)c2ccccc2F)CC1. The molecule has 8 nitrogen and oxygen atoms in total. The minimum atomic E-state index is -0.532. The minimum Gasteiger partial charge on any atom is -0.341 e. The van der Waals surface area contributed by atoms with Gasteiger partial charge in [0, 0.05) is 57.0 Å². The van der Waals surface area contributed by atoms with Gasteiger partial charge < -0.3 is 14.3 Å². The maximum atomic E-state index is 13.9. The standard InChI is InChI=1S/C22H22FN5O3/c23-18-5-2-1-4-17(18)22(30)28-13-3-12-27(14-15-28)20(29)7-6-19-25-21(26-31-19)16-8-10-24-11-9-16/h1-2,4-5,8-11H,3,6-7,12-15H2. The molecule has 4 rings (SSSR count). The van der Waals surface area contributed by atoms with Crippen molar-refractivity contribution in [3.8, 4) is 11.4 Å². The summed E-state index contributed by atoms with van der Waals surface area (Å²) >= 11 is 0. The zero-order valence-electron chi connectivity index (χ0n) is 16.9. The Morgan fingerprint density at radius 2 is 1.74 bits per heavy atom. The highest BCUT2D eigenvalue weighted by Crippen LogP contribution is 2.16. The van der Waals surface area contributed by atoms with Gasteiger partial charge >= 0.3 is 0 Å². The molecule has 0 N–H and O–H groups in total. The number of carbonyl (C=O) groups is 2. The summed E-state index contributed by atoms with van der Waals surface area (Å²) in [5.74, 6) is -0.0608. The van der Waals surface area contributed by atoms with E-state index in [4.69, 9.17) is 4.52 Å². The summed E-state index contributed by atoms with van der Waals surface area (Å²) < 4.78 is 19.2. The molecule has 0 aliphatic carbocycles. The molecule has 160 valence electrons. The number of halogens is 1. The normalized spacial score (nSPS) is 14.4. The lowest BCUT2D eigenvalue weighted by molar-refractivity contribution is -0.131. The Hall–Kier alpha value is -3.62. The van der Waals surface area contributed by atoms with Crippen molar-refractivity contribution in [2.45, 2.75) is 19.3 Å². The van der Waals surface area contributed by atoms with Crippen LogP contribution in [0.15, 0.2) is 53.3 Å². The maximum absolute atomic E-state index is 13.9. The quantitative estimate of drug-likeness (QED) is 0.626. The number of hydrogen-bond donors (Lipinski definition) is 0. The molecule has 2 amide bonds. The van der Waals surface area contributed by atoms with Gasteiger partial charge in [0.25, 0.3) is 5.91 Å². The monoisotopic (exact) mass is 423 g/mol. The smallest absolute Gasteiger partial charge is 0.256 e. The second kappa shape index (κ2) is 9.46. The third-order valence-corrected chi connectivity index (χ3v) is 5.20. The predicted octanol–water partition coefficient (Wildman–Crippen LogP) is 2.58. The number of carbonyl (C=O) groups excluding carboxylic acids is 2. The van der Waals surface area contributed by atoms with Gasteiger partial charge in [-0.3, -0.25) is 14.6 Å². The molecule has 1 fully saturated rings. The second-order valence-electron chi connectivity index (χ2n) is 7.25. The van der Waals surface area contributed by atoms with Gasteiger partial charge in [0.05, 0.1) is 5.56 Å². The first-order valence-corrected chi connectivity index (χ1v) is 10.2. The molecule has 0 unspecified atom stereocenters. The number of nitrogens with zero attached hydrogens (tertiary/aromatic N) is 5. The average Bonchev–Trinajstić information content (AvgIpc) is 3.14. The summed E-state index contributed by atoms with van der Waals surface area (Å²) in [7, 11) is 0. The lowest BCUT2D eigenvalue weighted by Gasteiger charge is -2.22. The van der Waals surface area contributed by atoms with E-state index < -0.39 is 5.82 Å². The van der Waals surface area contributed by atoms with Gasteiger partial charge in [-0.05, 0) is 30.7 Å². The fourth-order valence-electron chi connectivity index (χ4n) is 3.52. The first kappa shape index (κ1) is 20.6. The zero-order chi connectivity index (χ0) is 21.6. The van der Waals surface area contributed by atoms with E-state index in [0.717, 1.165) is 5.56 Å². The number of benzene rings is 1. The molecule has 0 atom stereocenters. The fraction of sp³-hybridized carbons (Fsp3) is 0.318. The molecule has 0 bridgehead atoms. The summed E-state index contributed by atoms with van der Waals surface area (Å²) in [4.78, 5) is 36.9. The second-order valence-corrected chi connectivity index (χ2v) is 7.25. The Kier molecular flexibility index (Phi) is 6.30. The van der Waals surface area contributed by atoms with E-state index in [2.05, 4.69) is 15.1 Å². The van der Waals surface area contributed by atoms with Crippen molar-refractivity contribution in [2.75, 3.05) is 26.2 Å². The highest BCUT2D eigenvalue weighted by molar-refractivity contribution is 5.94. The fourth-order valence-corrected chi connectivity index (χ4v) is 3.52. The van der Waals surface area contributed by atoms with Crippen molar-refractivity contribution in [2.24, 2.45) is 0 Å². The Labute approximate surface area is 178 Å². The van der Waals surface area contributed by atoms with Crippen LogP contribution in [-0.2, 0) is 11.2 Å². The number of pyridine rings is 1. The molecule has 0 radical (unpaired) electrons. The number of aromatic nitrogens is 3. The predicted molar refractivity (Wildman–Crippen MR) is 109 cm³/mol. The molecule has 0 saturated carbocycles. The molecule has 1 aromatic carbocycles. The van der Waals surface area contributed by atoms with E-state index in [-0.39, 0.29) is 23.8 Å². The van der Waals surface area contributed by atoms with Crippen molar-refractivity contribution in [3.63, 3.8) is 0 Å². The number of hydrogen-bond acceptors (Lipinski definition) is 6. The molecule has 0 spiro atoms. The van der Waals surface area contributed by atoms with Crippen LogP contribution in [-0.4, -0.2) is 62.9 Å². The van der Waals surface area contributed by atoms with Crippen molar-refractivity contribution in [1.82, 2.24) is 24.9 Å². The third-order valence-electron chi connectivity index (χ3n) is 5.20. The Bertz CT molecular complexity index is 1060. The van der Waals surface area contributed by atoms with Crippen LogP contribution in [0.1, 0.15) is 29.1 Å². The number of rotatable bonds is 5. The Morgan fingerprint density at radius 3 is 2.55 bits per heavy atom. The summed E-state index contributed by atoms with van der Waals surface area (Å²) in [5, 5.41) is 3.94. The van der Waals surface area contributed by atoms with Gasteiger partial charge in [0.15, 0.2) is 0 Å². The summed E-state index contributed by atoms with van der Waals surface area (Å²) in [6.07, 6.45) is 4.51. The van der Waals surface area contributed by atoms with E-state index in [1.165, 1.54) is 12.1 Å². The summed E-state index contributed by atoms with van der Waals surface area (Å²) in [5.41, 5.74) is 0.854. The van der Waals surface area contributed by atoms with Crippen molar-refractivity contribution < 1.29 is 18.5 Å². The van der Waals surface area contributed by atoms with Crippen LogP contribution in [0.4, 0.5) is 4.39 Å². The first-order valence-electron chi connectivity index (χ1n) is 10.2. The zero-order valence-corrected chi connectivity index (χ0v) is 16.9. The lowest BCUT2D eigenvalue weighted by Crippen LogP contribution is -2.37. The Balaban J connectivity index is 1.30. The molecule has 2 aromatic heterocycles. The van der Waals surface area contributed by atoms with Crippen LogP contribution in [0.3, 0.4) is 0 Å². The number of amides is 2.